The quantitative estimate of drug-likeness (QED) is 0.320. The van der Waals surface area contributed by atoms with Gasteiger partial charge in [-0.15, -0.1) is 0 Å². The number of carbonyl (C=O) groups is 1. The number of phenolic OH excluding ortho intramolecular Hbond substituents is 1. The molecule has 0 heterocycles. The van der Waals surface area contributed by atoms with Crippen molar-refractivity contribution in [1.29, 1.82) is 0 Å². The molecule has 3 N–H and O–H groups in total. The van der Waals surface area contributed by atoms with Crippen molar-refractivity contribution in [3.05, 3.63) is 29.8 Å². The zero-order valence-electron chi connectivity index (χ0n) is 7.73. The number of ether oxygens (including phenoxy) is 1. The summed E-state index contributed by atoms with van der Waals surface area (Å²) in [6, 6.07) is 4.90. The summed E-state index contributed by atoms with van der Waals surface area (Å²) < 4.78 is 4.40. The van der Waals surface area contributed by atoms with Crippen LogP contribution in [0.3, 0.4) is 0 Å². The second-order valence-corrected chi connectivity index (χ2v) is 2.64. The molecule has 74 valence electrons. The Morgan fingerprint density at radius 2 is 2.29 bits per heavy atom. The third-order valence-corrected chi connectivity index (χ3v) is 1.70. The molecule has 4 nitrogen and oxygen atoms in total. The maximum Gasteiger partial charge on any atom is 0.330 e. The fourth-order valence-corrected chi connectivity index (χ4v) is 0.940. The maximum atomic E-state index is 10.8. The van der Waals surface area contributed by atoms with Gasteiger partial charge >= 0.3 is 5.97 Å². The molecule has 0 unspecified atom stereocenters. The topological polar surface area (TPSA) is 72.5 Å². The lowest BCUT2D eigenvalue weighted by Gasteiger charge is -2.01. The average Bonchev–Trinajstić information content (AvgIpc) is 2.20. The van der Waals surface area contributed by atoms with Crippen LogP contribution in [0.5, 0.6) is 5.75 Å². The van der Waals surface area contributed by atoms with Gasteiger partial charge in [-0.2, -0.15) is 0 Å². The lowest BCUT2D eigenvalue weighted by atomic mass is 10.1. The second kappa shape index (κ2) is 4.32. The number of phenols is 1. The molecule has 0 atom stereocenters. The van der Waals surface area contributed by atoms with Crippen LogP contribution < -0.4 is 5.73 Å². The van der Waals surface area contributed by atoms with Gasteiger partial charge in [-0.05, 0) is 12.1 Å². The molecule has 1 aromatic rings. The first-order chi connectivity index (χ1) is 6.65. The number of carbonyl (C=O) groups excluding carboxylic acids is 1. The summed E-state index contributed by atoms with van der Waals surface area (Å²) in [5, 5.41) is 9.45. The van der Waals surface area contributed by atoms with Gasteiger partial charge in [-0.3, -0.25) is 0 Å². The van der Waals surface area contributed by atoms with E-state index in [9.17, 15) is 9.90 Å². The van der Waals surface area contributed by atoms with Gasteiger partial charge in [0, 0.05) is 11.6 Å². The molecule has 4 heteroatoms. The number of nitrogens with two attached hydrogens (primary N) is 1. The first-order valence-electron chi connectivity index (χ1n) is 3.98. The normalized spacial score (nSPS) is 10.4. The van der Waals surface area contributed by atoms with Crippen LogP contribution in [0, 0.1) is 0 Å². The van der Waals surface area contributed by atoms with Gasteiger partial charge in [-0.1, -0.05) is 12.1 Å². The summed E-state index contributed by atoms with van der Waals surface area (Å²) in [7, 11) is 1.28. The van der Waals surface area contributed by atoms with Crippen molar-refractivity contribution < 1.29 is 14.6 Å². The fourth-order valence-electron chi connectivity index (χ4n) is 0.940. The SMILES string of the molecule is COC(=O)/C=C/c1cccc(N)c1O. The molecule has 0 bridgehead atoms. The van der Waals surface area contributed by atoms with E-state index in [-0.39, 0.29) is 11.4 Å². The van der Waals surface area contributed by atoms with Crippen LogP contribution >= 0.6 is 0 Å². The number of esters is 1. The Kier molecular flexibility index (Phi) is 3.12. The Hall–Kier alpha value is -1.97. The van der Waals surface area contributed by atoms with Gasteiger partial charge in [0.2, 0.25) is 0 Å². The largest absolute Gasteiger partial charge is 0.505 e. The molecule has 0 aliphatic heterocycles. The van der Waals surface area contributed by atoms with Crippen LogP contribution in [-0.4, -0.2) is 18.2 Å². The second-order valence-electron chi connectivity index (χ2n) is 2.64. The third kappa shape index (κ3) is 2.26. The summed E-state index contributed by atoms with van der Waals surface area (Å²) in [4.78, 5) is 10.8. The van der Waals surface area contributed by atoms with Gasteiger partial charge in [-0.25, -0.2) is 4.79 Å². The highest BCUT2D eigenvalue weighted by Gasteiger charge is 2.01. The Morgan fingerprint density at radius 1 is 1.57 bits per heavy atom. The molecule has 0 fully saturated rings. The van der Waals surface area contributed by atoms with Gasteiger partial charge in [0.25, 0.3) is 0 Å². The fraction of sp³-hybridized carbons (Fsp3) is 0.100. The highest BCUT2D eigenvalue weighted by atomic mass is 16.5. The monoisotopic (exact) mass is 193 g/mol. The van der Waals surface area contributed by atoms with Crippen LogP contribution in [0.2, 0.25) is 0 Å². The van der Waals surface area contributed by atoms with E-state index in [0.717, 1.165) is 0 Å². The highest BCUT2D eigenvalue weighted by molar-refractivity contribution is 5.88. The minimum Gasteiger partial charge on any atom is -0.505 e. The Morgan fingerprint density at radius 3 is 2.93 bits per heavy atom. The third-order valence-electron chi connectivity index (χ3n) is 1.70. The average molecular weight is 193 g/mol. The van der Waals surface area contributed by atoms with Crippen molar-refractivity contribution in [3.8, 4) is 5.75 Å². The van der Waals surface area contributed by atoms with E-state index in [1.807, 2.05) is 0 Å². The smallest absolute Gasteiger partial charge is 0.330 e. The summed E-state index contributed by atoms with van der Waals surface area (Å²) in [5.74, 6) is -0.514. The molecule has 14 heavy (non-hydrogen) atoms. The number of methoxy groups -OCH3 is 1. The zero-order chi connectivity index (χ0) is 10.6. The maximum absolute atomic E-state index is 10.8. The standard InChI is InChI=1S/C10H11NO3/c1-14-9(12)6-5-7-3-2-4-8(11)10(7)13/h2-6,13H,11H2,1H3/b6-5+. The number of hydrogen-bond donors (Lipinski definition) is 2. The molecule has 0 saturated heterocycles. The van der Waals surface area contributed by atoms with Gasteiger partial charge in [0.05, 0.1) is 12.8 Å². The summed E-state index contributed by atoms with van der Waals surface area (Å²) >= 11 is 0. The van der Waals surface area contributed by atoms with Crippen molar-refractivity contribution in [2.24, 2.45) is 0 Å². The van der Waals surface area contributed by atoms with E-state index < -0.39 is 5.97 Å². The number of rotatable bonds is 2. The summed E-state index contributed by atoms with van der Waals surface area (Å²) in [5.41, 5.74) is 6.22. The van der Waals surface area contributed by atoms with E-state index in [1.165, 1.54) is 19.3 Å². The number of nitrogen functional groups attached to an aromatic ring is 1. The summed E-state index contributed by atoms with van der Waals surface area (Å²) in [6.07, 6.45) is 2.66. The first-order valence-corrected chi connectivity index (χ1v) is 3.98. The number of para-hydroxylation sites is 1. The van der Waals surface area contributed by atoms with Gasteiger partial charge < -0.3 is 15.6 Å². The summed E-state index contributed by atoms with van der Waals surface area (Å²) in [6.45, 7) is 0. The molecule has 0 radical (unpaired) electrons. The van der Waals surface area contributed by atoms with Crippen LogP contribution in [0.1, 0.15) is 5.56 Å². The van der Waals surface area contributed by atoms with Crippen molar-refractivity contribution in [2.75, 3.05) is 12.8 Å². The van der Waals surface area contributed by atoms with Crippen LogP contribution in [0.25, 0.3) is 6.08 Å². The molecule has 0 aliphatic rings. The predicted octanol–water partition coefficient (Wildman–Crippen LogP) is 1.16. The van der Waals surface area contributed by atoms with E-state index in [4.69, 9.17) is 5.73 Å². The number of benzene rings is 1. The number of aromatic hydroxyl groups is 1. The Labute approximate surface area is 81.6 Å². The molecular formula is C10H11NO3. The van der Waals surface area contributed by atoms with Crippen molar-refractivity contribution in [1.82, 2.24) is 0 Å². The first kappa shape index (κ1) is 10.1. The molecule has 1 aromatic carbocycles. The number of anilines is 1. The minimum atomic E-state index is -0.480. The van der Waals surface area contributed by atoms with E-state index in [0.29, 0.717) is 5.56 Å². The molecule has 1 rings (SSSR count). The Bertz CT molecular complexity index is 372. The molecule has 0 saturated carbocycles. The molecule has 0 spiro atoms. The van der Waals surface area contributed by atoms with Crippen LogP contribution in [0.4, 0.5) is 5.69 Å². The highest BCUT2D eigenvalue weighted by Crippen LogP contribution is 2.25. The van der Waals surface area contributed by atoms with E-state index in [1.54, 1.807) is 18.2 Å². The predicted molar refractivity (Wildman–Crippen MR) is 53.6 cm³/mol. The van der Waals surface area contributed by atoms with Crippen LogP contribution in [-0.2, 0) is 9.53 Å². The van der Waals surface area contributed by atoms with Crippen molar-refractivity contribution in [2.45, 2.75) is 0 Å². The zero-order valence-corrected chi connectivity index (χ0v) is 7.73. The van der Waals surface area contributed by atoms with E-state index in [2.05, 4.69) is 4.74 Å². The van der Waals surface area contributed by atoms with Gasteiger partial charge in [0.15, 0.2) is 0 Å². The Balaban J connectivity index is 2.92. The molecule has 0 amide bonds. The van der Waals surface area contributed by atoms with E-state index >= 15 is 0 Å². The minimum absolute atomic E-state index is 0.0346. The molecule has 0 aromatic heterocycles. The lowest BCUT2D eigenvalue weighted by Crippen LogP contribution is -1.93. The van der Waals surface area contributed by atoms with Gasteiger partial charge in [0.1, 0.15) is 5.75 Å². The molecule has 0 aliphatic carbocycles. The lowest BCUT2D eigenvalue weighted by molar-refractivity contribution is -0.134. The molecular weight excluding hydrogens is 182 g/mol. The van der Waals surface area contributed by atoms with Crippen LogP contribution in [0.15, 0.2) is 24.3 Å². The van der Waals surface area contributed by atoms with Crippen molar-refractivity contribution >= 4 is 17.7 Å². The van der Waals surface area contributed by atoms with Crippen molar-refractivity contribution in [3.63, 3.8) is 0 Å². The number of hydrogen-bond acceptors (Lipinski definition) is 4.